The third-order valence-electron chi connectivity index (χ3n) is 4.25. The zero-order valence-corrected chi connectivity index (χ0v) is 16.5. The van der Waals surface area contributed by atoms with E-state index in [9.17, 15) is 19.2 Å². The molecular weight excluding hydrogens is 398 g/mol. The molecule has 1 aliphatic rings. The Bertz CT molecular complexity index is 972. The molecule has 1 aromatic heterocycles. The number of amides is 3. The number of carbonyl (C=O) groups excluding carboxylic acids is 4. The molecule has 3 N–H and O–H groups in total. The van der Waals surface area contributed by atoms with Crippen LogP contribution in [0.2, 0.25) is 0 Å². The van der Waals surface area contributed by atoms with E-state index in [2.05, 4.69) is 5.32 Å². The van der Waals surface area contributed by atoms with Crippen LogP contribution in [-0.2, 0) is 19.1 Å². The molecule has 9 nitrogen and oxygen atoms in total. The molecule has 0 fully saturated rings. The molecule has 1 aromatic carbocycles. The quantitative estimate of drug-likeness (QED) is 0.710. The Balaban J connectivity index is 1.66. The number of hydrogen-bond donors (Lipinski definition) is 2. The lowest BCUT2D eigenvalue weighted by atomic mass is 10.2. The Morgan fingerprint density at radius 3 is 2.69 bits per heavy atom. The van der Waals surface area contributed by atoms with Crippen LogP contribution in [0.4, 0.5) is 10.7 Å². The van der Waals surface area contributed by atoms with Crippen LogP contribution in [0.3, 0.4) is 0 Å². The number of thiophene rings is 1. The summed E-state index contributed by atoms with van der Waals surface area (Å²) in [5, 5.41) is 4.40. The van der Waals surface area contributed by atoms with E-state index in [1.54, 1.807) is 29.6 Å². The average Bonchev–Trinajstić information content (AvgIpc) is 3.15. The predicted molar refractivity (Wildman–Crippen MR) is 106 cm³/mol. The minimum atomic E-state index is -1.16. The lowest BCUT2D eigenvalue weighted by Crippen LogP contribution is -2.48. The molecule has 0 bridgehead atoms. The molecule has 1 aliphatic heterocycles. The van der Waals surface area contributed by atoms with E-state index < -0.39 is 30.0 Å². The fourth-order valence-electron chi connectivity index (χ4n) is 2.77. The van der Waals surface area contributed by atoms with E-state index in [-0.39, 0.29) is 23.0 Å². The summed E-state index contributed by atoms with van der Waals surface area (Å²) in [4.78, 5) is 49.6. The number of anilines is 2. The van der Waals surface area contributed by atoms with Crippen molar-refractivity contribution in [1.82, 2.24) is 0 Å². The van der Waals surface area contributed by atoms with E-state index in [1.807, 2.05) is 0 Å². The summed E-state index contributed by atoms with van der Waals surface area (Å²) in [5.74, 6) is -1.96. The molecule has 0 spiro atoms. The van der Waals surface area contributed by atoms with Crippen LogP contribution in [0, 0.1) is 0 Å². The molecule has 3 rings (SSSR count). The Labute approximate surface area is 170 Å². The second-order valence-electron chi connectivity index (χ2n) is 6.30. The average molecular weight is 417 g/mol. The van der Waals surface area contributed by atoms with Gasteiger partial charge in [0.1, 0.15) is 10.8 Å². The molecular formula is C19H19N3O6S. The van der Waals surface area contributed by atoms with E-state index in [1.165, 1.54) is 24.8 Å². The zero-order chi connectivity index (χ0) is 21.1. The number of nitrogens with zero attached hydrogens (tertiary/aromatic N) is 1. The van der Waals surface area contributed by atoms with E-state index in [0.29, 0.717) is 11.4 Å². The number of para-hydroxylation sites is 2. The normalized spacial score (nSPS) is 16.2. The van der Waals surface area contributed by atoms with Gasteiger partial charge in [-0.25, -0.2) is 4.79 Å². The third kappa shape index (κ3) is 4.37. The van der Waals surface area contributed by atoms with Gasteiger partial charge in [0.05, 0.1) is 17.8 Å². The van der Waals surface area contributed by atoms with Gasteiger partial charge in [0, 0.05) is 6.92 Å². The maximum atomic E-state index is 12.5. The van der Waals surface area contributed by atoms with Gasteiger partial charge in [0.2, 0.25) is 12.0 Å². The van der Waals surface area contributed by atoms with Crippen molar-refractivity contribution in [2.75, 3.05) is 16.8 Å². The van der Waals surface area contributed by atoms with Gasteiger partial charge in [-0.3, -0.25) is 14.4 Å². The van der Waals surface area contributed by atoms with Crippen LogP contribution in [-0.4, -0.2) is 42.4 Å². The first-order valence-electron chi connectivity index (χ1n) is 8.70. The van der Waals surface area contributed by atoms with Crippen molar-refractivity contribution in [3.05, 3.63) is 41.3 Å². The lowest BCUT2D eigenvalue weighted by molar-refractivity contribution is -0.160. The monoisotopic (exact) mass is 417 g/mol. The minimum Gasteiger partial charge on any atom is -0.475 e. The molecule has 2 aromatic rings. The van der Waals surface area contributed by atoms with Gasteiger partial charge in [-0.2, -0.15) is 0 Å². The van der Waals surface area contributed by atoms with Crippen molar-refractivity contribution in [2.45, 2.75) is 26.1 Å². The second-order valence-corrected chi connectivity index (χ2v) is 7.22. The van der Waals surface area contributed by atoms with Gasteiger partial charge in [0.25, 0.3) is 11.8 Å². The Morgan fingerprint density at radius 2 is 2.00 bits per heavy atom. The van der Waals surface area contributed by atoms with Crippen molar-refractivity contribution in [3.8, 4) is 5.75 Å². The van der Waals surface area contributed by atoms with Gasteiger partial charge in [-0.15, -0.1) is 11.3 Å². The number of esters is 1. The van der Waals surface area contributed by atoms with Crippen molar-refractivity contribution in [3.63, 3.8) is 0 Å². The molecule has 0 saturated carbocycles. The Hall–Kier alpha value is -3.40. The zero-order valence-electron chi connectivity index (χ0n) is 15.7. The number of carbonyl (C=O) groups is 4. The maximum Gasteiger partial charge on any atom is 0.350 e. The fraction of sp³-hybridized carbons (Fsp3) is 0.263. The highest BCUT2D eigenvalue weighted by Gasteiger charge is 2.35. The smallest absolute Gasteiger partial charge is 0.350 e. The molecule has 2 atom stereocenters. The molecule has 3 amide bonds. The molecule has 0 radical (unpaired) electrons. The summed E-state index contributed by atoms with van der Waals surface area (Å²) in [7, 11) is 0. The van der Waals surface area contributed by atoms with Crippen LogP contribution in [0.25, 0.3) is 0 Å². The standard InChI is InChI=1S/C19H19N3O6S/c1-10(17(25)21-18-12(16(20)24)7-8-29-18)27-19(26)15-9-22(11(2)23)13-5-3-4-6-14(13)28-15/h3-8,10,15H,9H2,1-2H3,(H2,20,24)(H,21,25)/t10-,15+/m0/s1. The SMILES string of the molecule is CC(=O)N1C[C@H](C(=O)O[C@@H](C)C(=O)Nc2sccc2C(N)=O)Oc2ccccc21. The topological polar surface area (TPSA) is 128 Å². The van der Waals surface area contributed by atoms with Crippen LogP contribution >= 0.6 is 11.3 Å². The Kier molecular flexibility index (Phi) is 5.83. The number of ether oxygens (including phenoxy) is 2. The highest BCUT2D eigenvalue weighted by molar-refractivity contribution is 7.14. The van der Waals surface area contributed by atoms with Crippen molar-refractivity contribution in [2.24, 2.45) is 5.73 Å². The first kappa shape index (κ1) is 20.3. The molecule has 10 heteroatoms. The number of benzene rings is 1. The first-order valence-corrected chi connectivity index (χ1v) is 9.58. The molecule has 0 aliphatic carbocycles. The van der Waals surface area contributed by atoms with Gasteiger partial charge in [0.15, 0.2) is 6.10 Å². The van der Waals surface area contributed by atoms with E-state index in [0.717, 1.165) is 11.3 Å². The van der Waals surface area contributed by atoms with Crippen molar-refractivity contribution < 1.29 is 28.7 Å². The van der Waals surface area contributed by atoms with Crippen molar-refractivity contribution in [1.29, 1.82) is 0 Å². The van der Waals surface area contributed by atoms with Crippen LogP contribution < -0.4 is 20.7 Å². The van der Waals surface area contributed by atoms with Gasteiger partial charge >= 0.3 is 5.97 Å². The molecule has 152 valence electrons. The number of hydrogen-bond acceptors (Lipinski definition) is 7. The summed E-state index contributed by atoms with van der Waals surface area (Å²) in [5.41, 5.74) is 5.98. The fourth-order valence-corrected chi connectivity index (χ4v) is 3.57. The number of nitrogens with one attached hydrogen (secondary N) is 1. The highest BCUT2D eigenvalue weighted by Crippen LogP contribution is 2.33. The van der Waals surface area contributed by atoms with Crippen molar-refractivity contribution >= 4 is 45.7 Å². The first-order chi connectivity index (χ1) is 13.8. The van der Waals surface area contributed by atoms with Gasteiger partial charge in [-0.1, -0.05) is 12.1 Å². The lowest BCUT2D eigenvalue weighted by Gasteiger charge is -2.33. The molecule has 2 heterocycles. The van der Waals surface area contributed by atoms with Gasteiger partial charge in [-0.05, 0) is 30.5 Å². The minimum absolute atomic E-state index is 0.0315. The third-order valence-corrected chi connectivity index (χ3v) is 5.08. The number of fused-ring (bicyclic) bond motifs is 1. The second kappa shape index (κ2) is 8.31. The molecule has 29 heavy (non-hydrogen) atoms. The summed E-state index contributed by atoms with van der Waals surface area (Å²) >= 11 is 1.12. The van der Waals surface area contributed by atoms with Crippen LogP contribution in [0.5, 0.6) is 5.75 Å². The van der Waals surface area contributed by atoms with Gasteiger partial charge < -0.3 is 25.4 Å². The summed E-state index contributed by atoms with van der Waals surface area (Å²) in [6.45, 7) is 2.75. The summed E-state index contributed by atoms with van der Waals surface area (Å²) in [6.07, 6.45) is -2.23. The summed E-state index contributed by atoms with van der Waals surface area (Å²) in [6, 6.07) is 8.32. The number of rotatable bonds is 5. The van der Waals surface area contributed by atoms with E-state index >= 15 is 0 Å². The predicted octanol–water partition coefficient (Wildman–Crippen LogP) is 1.53. The summed E-state index contributed by atoms with van der Waals surface area (Å²) < 4.78 is 10.9. The van der Waals surface area contributed by atoms with E-state index in [4.69, 9.17) is 15.2 Å². The highest BCUT2D eigenvalue weighted by atomic mass is 32.1. The van der Waals surface area contributed by atoms with Crippen LogP contribution in [0.1, 0.15) is 24.2 Å². The molecule has 0 saturated heterocycles. The maximum absolute atomic E-state index is 12.5. The number of primary amides is 1. The molecule has 0 unspecified atom stereocenters. The largest absolute Gasteiger partial charge is 0.475 e. The number of nitrogens with two attached hydrogens (primary N) is 1. The van der Waals surface area contributed by atoms with Crippen LogP contribution in [0.15, 0.2) is 35.7 Å². The Morgan fingerprint density at radius 1 is 1.28 bits per heavy atom.